The Morgan fingerprint density at radius 3 is 2.07 bits per heavy atom. The van der Waals surface area contributed by atoms with Crippen LogP contribution in [0.15, 0.2) is 83.8 Å². The number of carbonyl (C=O) groups is 1. The summed E-state index contributed by atoms with van der Waals surface area (Å²) in [6, 6.07) is 21.6. The highest BCUT2D eigenvalue weighted by atomic mass is 32.2. The van der Waals surface area contributed by atoms with Gasteiger partial charge in [-0.05, 0) is 47.5 Å². The lowest BCUT2D eigenvalue weighted by molar-refractivity contribution is -0.116. The van der Waals surface area contributed by atoms with Gasteiger partial charge < -0.3 is 5.32 Å². The number of likely N-dealkylation sites (N-methyl/N-ethyl adjacent to an activating group) is 1. The molecule has 144 valence electrons. The van der Waals surface area contributed by atoms with Gasteiger partial charge in [-0.15, -0.1) is 0 Å². The standard InChI is InChI=1S/C21H19FN2O3S/c1-24(28(26,27)20-13-9-18(22)10-14-20)15-21(25)23-19-11-7-17(8-12-19)16-5-3-2-4-6-16/h2-14H,15H2,1H3,(H,23,25). The summed E-state index contributed by atoms with van der Waals surface area (Å²) in [4.78, 5) is 12.2. The largest absolute Gasteiger partial charge is 0.325 e. The summed E-state index contributed by atoms with van der Waals surface area (Å²) in [7, 11) is -2.58. The van der Waals surface area contributed by atoms with Gasteiger partial charge in [-0.25, -0.2) is 12.8 Å². The zero-order valence-corrected chi connectivity index (χ0v) is 16.0. The highest BCUT2D eigenvalue weighted by Crippen LogP contribution is 2.21. The summed E-state index contributed by atoms with van der Waals surface area (Å²) >= 11 is 0. The molecule has 0 saturated heterocycles. The molecule has 1 N–H and O–H groups in total. The lowest BCUT2D eigenvalue weighted by Crippen LogP contribution is -2.34. The molecule has 0 bridgehead atoms. The molecule has 3 rings (SSSR count). The molecule has 0 aromatic heterocycles. The maximum absolute atomic E-state index is 13.0. The number of rotatable bonds is 6. The Hall–Kier alpha value is -3.03. The zero-order valence-electron chi connectivity index (χ0n) is 15.2. The number of carbonyl (C=O) groups excluding carboxylic acids is 1. The number of nitrogens with one attached hydrogen (secondary N) is 1. The summed E-state index contributed by atoms with van der Waals surface area (Å²) in [5.41, 5.74) is 2.64. The SMILES string of the molecule is CN(CC(=O)Nc1ccc(-c2ccccc2)cc1)S(=O)(=O)c1ccc(F)cc1. The van der Waals surface area contributed by atoms with E-state index in [2.05, 4.69) is 5.32 Å². The second kappa shape index (κ2) is 8.33. The van der Waals surface area contributed by atoms with Crippen LogP contribution in [0.3, 0.4) is 0 Å². The molecule has 28 heavy (non-hydrogen) atoms. The minimum atomic E-state index is -3.88. The molecule has 7 heteroatoms. The second-order valence-corrected chi connectivity index (χ2v) is 8.25. The van der Waals surface area contributed by atoms with Crippen LogP contribution in [0.4, 0.5) is 10.1 Å². The maximum Gasteiger partial charge on any atom is 0.243 e. The molecule has 0 unspecified atom stereocenters. The second-order valence-electron chi connectivity index (χ2n) is 6.21. The Bertz CT molecular complexity index is 1050. The van der Waals surface area contributed by atoms with Crippen LogP contribution in [0.25, 0.3) is 11.1 Å². The Morgan fingerprint density at radius 1 is 0.893 bits per heavy atom. The van der Waals surface area contributed by atoms with Gasteiger partial charge in [0.15, 0.2) is 0 Å². The quantitative estimate of drug-likeness (QED) is 0.688. The van der Waals surface area contributed by atoms with E-state index in [9.17, 15) is 17.6 Å². The predicted octanol–water partition coefficient (Wildman–Crippen LogP) is 3.75. The molecule has 0 heterocycles. The lowest BCUT2D eigenvalue weighted by atomic mass is 10.1. The number of hydrogen-bond acceptors (Lipinski definition) is 3. The van der Waals surface area contributed by atoms with E-state index in [1.165, 1.54) is 19.2 Å². The van der Waals surface area contributed by atoms with Crippen molar-refractivity contribution in [3.05, 3.63) is 84.7 Å². The molecule has 0 aliphatic rings. The van der Waals surface area contributed by atoms with Crippen molar-refractivity contribution in [2.45, 2.75) is 4.90 Å². The van der Waals surface area contributed by atoms with Crippen molar-refractivity contribution in [3.8, 4) is 11.1 Å². The van der Waals surface area contributed by atoms with E-state index in [1.54, 1.807) is 12.1 Å². The van der Waals surface area contributed by atoms with Gasteiger partial charge in [0.1, 0.15) is 5.82 Å². The summed E-state index contributed by atoms with van der Waals surface area (Å²) in [5.74, 6) is -1.00. The average Bonchev–Trinajstić information content (AvgIpc) is 2.69. The van der Waals surface area contributed by atoms with E-state index in [1.807, 2.05) is 42.5 Å². The number of amides is 1. The highest BCUT2D eigenvalue weighted by molar-refractivity contribution is 7.89. The lowest BCUT2D eigenvalue weighted by Gasteiger charge is -2.17. The van der Waals surface area contributed by atoms with Gasteiger partial charge in [-0.1, -0.05) is 42.5 Å². The third kappa shape index (κ3) is 4.62. The van der Waals surface area contributed by atoms with Gasteiger partial charge in [0.05, 0.1) is 11.4 Å². The summed E-state index contributed by atoms with van der Waals surface area (Å²) in [5, 5.41) is 2.68. The first-order valence-electron chi connectivity index (χ1n) is 8.53. The van der Waals surface area contributed by atoms with Crippen molar-refractivity contribution >= 4 is 21.6 Å². The van der Waals surface area contributed by atoms with Crippen LogP contribution in [-0.2, 0) is 14.8 Å². The summed E-state index contributed by atoms with van der Waals surface area (Å²) in [6.45, 7) is -0.361. The first-order chi connectivity index (χ1) is 13.4. The Balaban J connectivity index is 1.64. The number of halogens is 1. The monoisotopic (exact) mass is 398 g/mol. The van der Waals surface area contributed by atoms with Crippen molar-refractivity contribution in [1.82, 2.24) is 4.31 Å². The molecule has 1 amide bonds. The molecule has 3 aromatic carbocycles. The Labute approximate surface area is 163 Å². The van der Waals surface area contributed by atoms with Gasteiger partial charge >= 0.3 is 0 Å². The molecule has 0 aliphatic heterocycles. The van der Waals surface area contributed by atoms with Gasteiger partial charge in [-0.3, -0.25) is 4.79 Å². The van der Waals surface area contributed by atoms with E-state index in [0.29, 0.717) is 5.69 Å². The predicted molar refractivity (Wildman–Crippen MR) is 107 cm³/mol. The fraction of sp³-hybridized carbons (Fsp3) is 0.0952. The smallest absolute Gasteiger partial charge is 0.243 e. The average molecular weight is 398 g/mol. The molecule has 0 atom stereocenters. The fourth-order valence-corrected chi connectivity index (χ4v) is 3.78. The summed E-state index contributed by atoms with van der Waals surface area (Å²) in [6.07, 6.45) is 0. The Morgan fingerprint density at radius 2 is 1.46 bits per heavy atom. The molecule has 0 aliphatic carbocycles. The molecule has 0 radical (unpaired) electrons. The van der Waals surface area contributed by atoms with Gasteiger partial charge in [0.2, 0.25) is 15.9 Å². The topological polar surface area (TPSA) is 66.5 Å². The molecule has 0 fully saturated rings. The van der Waals surface area contributed by atoms with Crippen molar-refractivity contribution < 1.29 is 17.6 Å². The number of hydrogen-bond donors (Lipinski definition) is 1. The minimum absolute atomic E-state index is 0.0728. The van der Waals surface area contributed by atoms with Crippen LogP contribution in [-0.4, -0.2) is 32.2 Å². The molecule has 3 aromatic rings. The zero-order chi connectivity index (χ0) is 20.1. The summed E-state index contributed by atoms with van der Waals surface area (Å²) < 4.78 is 38.8. The molecular weight excluding hydrogens is 379 g/mol. The van der Waals surface area contributed by atoms with Crippen molar-refractivity contribution in [1.29, 1.82) is 0 Å². The number of benzene rings is 3. The van der Waals surface area contributed by atoms with Crippen molar-refractivity contribution in [2.75, 3.05) is 18.9 Å². The van der Waals surface area contributed by atoms with Crippen LogP contribution in [0.2, 0.25) is 0 Å². The fourth-order valence-electron chi connectivity index (χ4n) is 2.65. The molecule has 5 nitrogen and oxygen atoms in total. The maximum atomic E-state index is 13.0. The van der Waals surface area contributed by atoms with Gasteiger partial charge in [-0.2, -0.15) is 4.31 Å². The Kier molecular flexibility index (Phi) is 5.87. The van der Waals surface area contributed by atoms with E-state index in [4.69, 9.17) is 0 Å². The van der Waals surface area contributed by atoms with Crippen LogP contribution >= 0.6 is 0 Å². The van der Waals surface area contributed by atoms with Crippen molar-refractivity contribution in [2.24, 2.45) is 0 Å². The van der Waals surface area contributed by atoms with Gasteiger partial charge in [0.25, 0.3) is 0 Å². The first kappa shape index (κ1) is 19.7. The van der Waals surface area contributed by atoms with E-state index < -0.39 is 21.7 Å². The number of nitrogens with zero attached hydrogens (tertiary/aromatic N) is 1. The minimum Gasteiger partial charge on any atom is -0.325 e. The van der Waals surface area contributed by atoms with Crippen LogP contribution in [0.1, 0.15) is 0 Å². The van der Waals surface area contributed by atoms with Crippen LogP contribution in [0.5, 0.6) is 0 Å². The molecule has 0 spiro atoms. The number of anilines is 1. The third-order valence-corrected chi connectivity index (χ3v) is 5.98. The highest BCUT2D eigenvalue weighted by Gasteiger charge is 2.23. The van der Waals surface area contributed by atoms with E-state index in [-0.39, 0.29) is 11.4 Å². The molecule has 0 saturated carbocycles. The molecular formula is C21H19FN2O3S. The van der Waals surface area contributed by atoms with Crippen LogP contribution in [0, 0.1) is 5.82 Å². The third-order valence-electron chi connectivity index (χ3n) is 4.16. The first-order valence-corrected chi connectivity index (χ1v) is 9.97. The normalized spacial score (nSPS) is 11.4. The van der Waals surface area contributed by atoms with Crippen LogP contribution < -0.4 is 5.32 Å². The van der Waals surface area contributed by atoms with E-state index >= 15 is 0 Å². The number of sulfonamides is 1. The van der Waals surface area contributed by atoms with Gasteiger partial charge in [0, 0.05) is 12.7 Å². The van der Waals surface area contributed by atoms with E-state index in [0.717, 1.165) is 27.6 Å². The van der Waals surface area contributed by atoms with Crippen molar-refractivity contribution in [3.63, 3.8) is 0 Å².